The van der Waals surface area contributed by atoms with Crippen molar-refractivity contribution in [1.82, 2.24) is 24.4 Å². The minimum absolute atomic E-state index is 0.298. The Morgan fingerprint density at radius 2 is 1.77 bits per heavy atom. The van der Waals surface area contributed by atoms with Crippen molar-refractivity contribution in [3.63, 3.8) is 0 Å². The van der Waals surface area contributed by atoms with Crippen LogP contribution in [0.5, 0.6) is 5.75 Å². The van der Waals surface area contributed by atoms with E-state index in [2.05, 4.69) is 38.5 Å². The lowest BCUT2D eigenvalue weighted by Crippen LogP contribution is -2.37. The molecule has 0 N–H and O–H groups in total. The van der Waals surface area contributed by atoms with Gasteiger partial charge in [-0.1, -0.05) is 0 Å². The maximum atomic E-state index is 5.80. The summed E-state index contributed by atoms with van der Waals surface area (Å²) < 4.78 is 8.15. The Hall–Kier alpha value is -2.73. The number of pyridine rings is 2. The smallest absolute Gasteiger partial charge is 0.126 e. The molecular formula is C20H23N5O. The van der Waals surface area contributed by atoms with Gasteiger partial charge in [0.15, 0.2) is 0 Å². The van der Waals surface area contributed by atoms with Gasteiger partial charge in [0.25, 0.3) is 0 Å². The van der Waals surface area contributed by atoms with Crippen molar-refractivity contribution in [2.45, 2.75) is 32.5 Å². The van der Waals surface area contributed by atoms with E-state index in [4.69, 9.17) is 9.72 Å². The first-order chi connectivity index (χ1) is 12.8. The number of imidazole rings is 1. The largest absolute Gasteiger partial charge is 0.493 e. The van der Waals surface area contributed by atoms with Gasteiger partial charge in [0.1, 0.15) is 11.6 Å². The van der Waals surface area contributed by atoms with Crippen LogP contribution in [0, 0.1) is 0 Å². The first-order valence-corrected chi connectivity index (χ1v) is 9.01. The Bertz CT molecular complexity index is 834. The van der Waals surface area contributed by atoms with Crippen LogP contribution in [0.25, 0.3) is 0 Å². The normalized spacial score (nSPS) is 17.0. The molecule has 3 aromatic heterocycles. The number of hydrogen-bond donors (Lipinski definition) is 0. The number of ether oxygens (including phenoxy) is 1. The molecule has 0 bridgehead atoms. The van der Waals surface area contributed by atoms with E-state index in [-0.39, 0.29) is 0 Å². The van der Waals surface area contributed by atoms with Crippen LogP contribution in [-0.4, -0.2) is 37.6 Å². The van der Waals surface area contributed by atoms with E-state index in [0.717, 1.165) is 37.6 Å². The van der Waals surface area contributed by atoms with Crippen molar-refractivity contribution in [2.24, 2.45) is 0 Å². The van der Waals surface area contributed by atoms with E-state index in [9.17, 15) is 0 Å². The molecule has 6 nitrogen and oxygen atoms in total. The molecule has 0 radical (unpaired) electrons. The summed E-state index contributed by atoms with van der Waals surface area (Å²) in [4.78, 5) is 15.3. The molecule has 0 spiro atoms. The summed E-state index contributed by atoms with van der Waals surface area (Å²) in [5.74, 6) is 2.00. The van der Waals surface area contributed by atoms with Crippen molar-refractivity contribution in [1.29, 1.82) is 0 Å². The third kappa shape index (κ3) is 3.60. The fourth-order valence-corrected chi connectivity index (χ4v) is 3.45. The first-order valence-electron chi connectivity index (χ1n) is 9.01. The number of rotatable bonds is 6. The van der Waals surface area contributed by atoms with E-state index in [1.54, 1.807) is 12.4 Å². The maximum Gasteiger partial charge on any atom is 0.126 e. The zero-order valence-electron chi connectivity index (χ0n) is 15.0. The second-order valence-electron chi connectivity index (χ2n) is 6.54. The van der Waals surface area contributed by atoms with E-state index >= 15 is 0 Å². The third-order valence-electron chi connectivity index (χ3n) is 4.91. The predicted molar refractivity (Wildman–Crippen MR) is 98.7 cm³/mol. The van der Waals surface area contributed by atoms with Gasteiger partial charge in [-0.25, -0.2) is 4.98 Å². The van der Waals surface area contributed by atoms with Gasteiger partial charge in [0.05, 0.1) is 12.6 Å². The highest BCUT2D eigenvalue weighted by molar-refractivity contribution is 5.17. The van der Waals surface area contributed by atoms with E-state index in [1.165, 1.54) is 11.3 Å². The lowest BCUT2D eigenvalue weighted by molar-refractivity contribution is 0.154. The molecule has 134 valence electrons. The second-order valence-corrected chi connectivity index (χ2v) is 6.54. The molecule has 3 aromatic rings. The van der Waals surface area contributed by atoms with Crippen LogP contribution in [0.4, 0.5) is 0 Å². The molecule has 0 amide bonds. The molecule has 0 aliphatic carbocycles. The monoisotopic (exact) mass is 349 g/mol. The van der Waals surface area contributed by atoms with E-state index in [0.29, 0.717) is 12.6 Å². The molecule has 0 saturated heterocycles. The van der Waals surface area contributed by atoms with Crippen LogP contribution in [0.15, 0.2) is 55.2 Å². The second kappa shape index (κ2) is 7.66. The molecule has 1 aliphatic rings. The van der Waals surface area contributed by atoms with E-state index in [1.807, 2.05) is 30.7 Å². The topological polar surface area (TPSA) is 56.1 Å². The number of nitrogens with zero attached hydrogens (tertiary/aromatic N) is 5. The fraction of sp³-hybridized carbons (Fsp3) is 0.350. The van der Waals surface area contributed by atoms with Crippen LogP contribution < -0.4 is 4.74 Å². The van der Waals surface area contributed by atoms with Gasteiger partial charge in [-0.15, -0.1) is 0 Å². The average Bonchev–Trinajstić information content (AvgIpc) is 3.10. The van der Waals surface area contributed by atoms with Crippen LogP contribution >= 0.6 is 0 Å². The zero-order valence-corrected chi connectivity index (χ0v) is 15.0. The summed E-state index contributed by atoms with van der Waals surface area (Å²) in [5, 5.41) is 0. The predicted octanol–water partition coefficient (Wildman–Crippen LogP) is 2.87. The highest BCUT2D eigenvalue weighted by Crippen LogP contribution is 2.27. The van der Waals surface area contributed by atoms with Crippen LogP contribution in [0.1, 0.15) is 30.0 Å². The molecule has 0 fully saturated rings. The van der Waals surface area contributed by atoms with Crippen molar-refractivity contribution in [3.8, 4) is 5.75 Å². The van der Waals surface area contributed by atoms with Gasteiger partial charge < -0.3 is 9.30 Å². The first kappa shape index (κ1) is 16.7. The SMILES string of the molecule is C[C@H]1c2ncc(CCOc3ccncc3)n2CCN1Cc1ccncc1. The lowest BCUT2D eigenvalue weighted by atomic mass is 10.1. The Balaban J connectivity index is 1.39. The third-order valence-corrected chi connectivity index (χ3v) is 4.91. The molecular weight excluding hydrogens is 326 g/mol. The summed E-state index contributed by atoms with van der Waals surface area (Å²) in [6.07, 6.45) is 10.0. The van der Waals surface area contributed by atoms with Gasteiger partial charge in [0.2, 0.25) is 0 Å². The Morgan fingerprint density at radius 1 is 1.04 bits per heavy atom. The molecule has 4 rings (SSSR count). The molecule has 6 heteroatoms. The molecule has 0 aromatic carbocycles. The Labute approximate surface area is 153 Å². The number of hydrogen-bond acceptors (Lipinski definition) is 5. The summed E-state index contributed by atoms with van der Waals surface area (Å²) in [6, 6.07) is 8.22. The number of aromatic nitrogens is 4. The standard InChI is InChI=1S/C20H23N5O/c1-16-20-23-14-18(6-13-26-19-4-9-22-10-5-19)25(20)12-11-24(16)15-17-2-7-21-8-3-17/h2-5,7-10,14,16H,6,11-13,15H2,1H3/t16-/m0/s1. The molecule has 26 heavy (non-hydrogen) atoms. The summed E-state index contributed by atoms with van der Waals surface area (Å²) >= 11 is 0. The van der Waals surface area contributed by atoms with Gasteiger partial charge in [-0.05, 0) is 36.8 Å². The Kier molecular flexibility index (Phi) is 4.93. The van der Waals surface area contributed by atoms with Gasteiger partial charge in [-0.2, -0.15) is 0 Å². The van der Waals surface area contributed by atoms with Gasteiger partial charge in [0, 0.05) is 62.7 Å². The number of fused-ring (bicyclic) bond motifs is 1. The summed E-state index contributed by atoms with van der Waals surface area (Å²) in [6.45, 7) is 5.79. The van der Waals surface area contributed by atoms with Gasteiger partial charge >= 0.3 is 0 Å². The molecule has 4 heterocycles. The Morgan fingerprint density at radius 3 is 2.54 bits per heavy atom. The fourth-order valence-electron chi connectivity index (χ4n) is 3.45. The molecule has 0 unspecified atom stereocenters. The van der Waals surface area contributed by atoms with Crippen molar-refractivity contribution in [3.05, 3.63) is 72.3 Å². The van der Waals surface area contributed by atoms with Crippen LogP contribution in [0.2, 0.25) is 0 Å². The van der Waals surface area contributed by atoms with Crippen molar-refractivity contribution in [2.75, 3.05) is 13.2 Å². The highest BCUT2D eigenvalue weighted by atomic mass is 16.5. The molecule has 0 saturated carbocycles. The quantitative estimate of drug-likeness (QED) is 0.685. The van der Waals surface area contributed by atoms with Crippen molar-refractivity contribution < 1.29 is 4.74 Å². The van der Waals surface area contributed by atoms with E-state index < -0.39 is 0 Å². The van der Waals surface area contributed by atoms with Crippen molar-refractivity contribution >= 4 is 0 Å². The molecule has 1 atom stereocenters. The lowest BCUT2D eigenvalue weighted by Gasteiger charge is -2.34. The average molecular weight is 349 g/mol. The minimum atomic E-state index is 0.298. The van der Waals surface area contributed by atoms with Gasteiger partial charge in [-0.3, -0.25) is 14.9 Å². The minimum Gasteiger partial charge on any atom is -0.493 e. The summed E-state index contributed by atoms with van der Waals surface area (Å²) in [5.41, 5.74) is 2.53. The zero-order chi connectivity index (χ0) is 17.8. The highest BCUT2D eigenvalue weighted by Gasteiger charge is 2.26. The summed E-state index contributed by atoms with van der Waals surface area (Å²) in [7, 11) is 0. The molecule has 1 aliphatic heterocycles. The maximum absolute atomic E-state index is 5.80. The van der Waals surface area contributed by atoms with Crippen LogP contribution in [0.3, 0.4) is 0 Å². The van der Waals surface area contributed by atoms with Crippen LogP contribution in [-0.2, 0) is 19.5 Å².